The Hall–Kier alpha value is -5.74. The minimum Gasteiger partial charge on any atom is -0.310 e. The Morgan fingerprint density at radius 2 is 0.980 bits per heavy atom. The summed E-state index contributed by atoms with van der Waals surface area (Å²) >= 11 is 3.12. The fraction of sp³-hybridized carbons (Fsp3) is 0. The van der Waals surface area contributed by atoms with Gasteiger partial charge in [0.2, 0.25) is 0 Å². The Morgan fingerprint density at radius 1 is 0.408 bits per heavy atom. The fourth-order valence-corrected chi connectivity index (χ4v) is 8.65. The predicted molar refractivity (Wildman–Crippen MR) is 215 cm³/mol. The molecule has 0 aliphatic rings. The second-order valence-electron chi connectivity index (χ2n) is 11.4. The zero-order valence-electron chi connectivity index (χ0n) is 40.3. The lowest BCUT2D eigenvalue weighted by Gasteiger charge is -2.26. The van der Waals surface area contributed by atoms with Crippen molar-refractivity contribution >= 4 is 90.9 Å². The second kappa shape index (κ2) is 11.5. The summed E-state index contributed by atoms with van der Waals surface area (Å²) in [6.07, 6.45) is 0. The Bertz CT molecular complexity index is 3540. The molecule has 3 heteroatoms. The highest BCUT2D eigenvalue weighted by Gasteiger charge is 2.18. The van der Waals surface area contributed by atoms with E-state index in [1.54, 1.807) is 27.6 Å². The highest BCUT2D eigenvalue weighted by atomic mass is 32.1. The molecule has 0 fully saturated rings. The minimum atomic E-state index is -0.801. The van der Waals surface area contributed by atoms with E-state index in [-0.39, 0.29) is 5.69 Å². The number of benzene rings is 8. The lowest BCUT2D eigenvalue weighted by Crippen LogP contribution is -2.09. The van der Waals surface area contributed by atoms with Crippen LogP contribution in [0.5, 0.6) is 0 Å². The topological polar surface area (TPSA) is 3.24 Å². The SMILES string of the molecule is [2H]c1c([2H])c([2H])c(-c2c(-c3c([2H])c([2H])c(N(c4ccc5c(c4)sc4ccccc45)c4ccc5c(c4)sc4ccccc45)c([2H])c3[2H])c([2H])c([2H])c3c([2H])c([2H])c([2H])c([2H])c23)c([2H])c1[2H]. The summed E-state index contributed by atoms with van der Waals surface area (Å²) < 4.78 is 139. The summed E-state index contributed by atoms with van der Waals surface area (Å²) in [6, 6.07) is 16.4. The Morgan fingerprint density at radius 3 is 1.63 bits per heavy atom. The van der Waals surface area contributed by atoms with Crippen molar-refractivity contribution in [3.8, 4) is 22.3 Å². The average Bonchev–Trinajstić information content (AvgIpc) is 3.86. The van der Waals surface area contributed by atoms with E-state index in [9.17, 15) is 6.85 Å². The summed E-state index contributed by atoms with van der Waals surface area (Å²) in [7, 11) is 0. The molecule has 0 aliphatic heterocycles. The molecule has 0 N–H and O–H groups in total. The first kappa shape index (κ1) is 17.1. The van der Waals surface area contributed by atoms with Gasteiger partial charge < -0.3 is 4.90 Å². The minimum absolute atomic E-state index is 0.163. The standard InChI is InChI=1S/C46H29NS2/c1-2-11-32(12-3-1)46-36-13-5-4-10-30(36)20-25-37(46)31-18-21-33(22-19-31)47(34-23-26-40-38-14-6-8-16-42(38)48-44(40)28-34)35-24-27-41-39-15-7-9-17-43(39)49-45(41)29-35/h1-29H/i1D,2D,3D,4D,5D,10D,11D,12D,13D,18D,19D,20D,21D,22D,25D. The van der Waals surface area contributed by atoms with Crippen LogP contribution in [-0.2, 0) is 0 Å². The Kier molecular flexibility index (Phi) is 3.99. The molecular formula is C46H29NS2. The normalized spacial score (nSPS) is 16.0. The second-order valence-corrected chi connectivity index (χ2v) is 13.5. The maximum Gasteiger partial charge on any atom is 0.0645 e. The molecule has 10 rings (SSSR count). The van der Waals surface area contributed by atoms with E-state index in [4.69, 9.17) is 13.7 Å². The summed E-state index contributed by atoms with van der Waals surface area (Å²) in [6.45, 7) is 0. The molecular weight excluding hydrogens is 631 g/mol. The zero-order chi connectivity index (χ0) is 45.4. The first-order chi connectivity index (χ1) is 30.5. The molecule has 1 nitrogen and oxygen atoms in total. The van der Waals surface area contributed by atoms with Gasteiger partial charge >= 0.3 is 0 Å². The molecule has 230 valence electrons. The lowest BCUT2D eigenvalue weighted by atomic mass is 9.90. The van der Waals surface area contributed by atoms with Crippen molar-refractivity contribution in [2.45, 2.75) is 0 Å². The third-order valence-electron chi connectivity index (χ3n) is 8.58. The molecule has 0 spiro atoms. The average molecular weight is 675 g/mol. The summed E-state index contributed by atoms with van der Waals surface area (Å²) in [5.41, 5.74) is -1.36. The number of hydrogen-bond acceptors (Lipinski definition) is 3. The summed E-state index contributed by atoms with van der Waals surface area (Å²) in [5.74, 6) is 0. The van der Waals surface area contributed by atoms with Crippen LogP contribution in [-0.4, -0.2) is 0 Å². The van der Waals surface area contributed by atoms with Crippen molar-refractivity contribution in [2.75, 3.05) is 4.90 Å². The number of thiophene rings is 2. The number of nitrogens with zero attached hydrogens (tertiary/aromatic N) is 1. The van der Waals surface area contributed by atoms with E-state index in [1.165, 1.54) is 0 Å². The van der Waals surface area contributed by atoms with Gasteiger partial charge in [0.1, 0.15) is 0 Å². The first-order valence-electron chi connectivity index (χ1n) is 22.9. The quantitative estimate of drug-likeness (QED) is 0.176. The van der Waals surface area contributed by atoms with Gasteiger partial charge in [-0.05, 0) is 81.5 Å². The van der Waals surface area contributed by atoms with E-state index >= 15 is 0 Å². The van der Waals surface area contributed by atoms with Gasteiger partial charge in [-0.25, -0.2) is 0 Å². The van der Waals surface area contributed by atoms with Gasteiger partial charge in [0.05, 0.1) is 20.6 Å². The molecule has 0 atom stereocenters. The summed E-state index contributed by atoms with van der Waals surface area (Å²) in [4.78, 5) is 1.64. The van der Waals surface area contributed by atoms with Gasteiger partial charge in [-0.15, -0.1) is 22.7 Å². The molecule has 0 bridgehead atoms. The van der Waals surface area contributed by atoms with Crippen LogP contribution in [0.3, 0.4) is 0 Å². The fourth-order valence-electron chi connectivity index (χ4n) is 6.38. The van der Waals surface area contributed by atoms with Crippen molar-refractivity contribution in [1.29, 1.82) is 0 Å². The van der Waals surface area contributed by atoms with E-state index < -0.39 is 124 Å². The molecule has 49 heavy (non-hydrogen) atoms. The van der Waals surface area contributed by atoms with Crippen molar-refractivity contribution in [3.63, 3.8) is 0 Å². The third kappa shape index (κ3) is 4.74. The number of hydrogen-bond donors (Lipinski definition) is 0. The molecule has 10 aromatic rings. The van der Waals surface area contributed by atoms with Crippen LogP contribution in [0.15, 0.2) is 176 Å². The molecule has 8 aromatic carbocycles. The van der Waals surface area contributed by atoms with E-state index in [2.05, 4.69) is 0 Å². The van der Waals surface area contributed by atoms with Crippen LogP contribution in [0.4, 0.5) is 17.1 Å². The highest BCUT2D eigenvalue weighted by Crippen LogP contribution is 2.44. The van der Waals surface area contributed by atoms with Crippen molar-refractivity contribution < 1.29 is 20.6 Å². The lowest BCUT2D eigenvalue weighted by molar-refractivity contribution is 1.30. The summed E-state index contributed by atoms with van der Waals surface area (Å²) in [5, 5.41) is 3.13. The maximum absolute atomic E-state index is 9.72. The maximum atomic E-state index is 9.72. The van der Waals surface area contributed by atoms with Crippen molar-refractivity contribution in [1.82, 2.24) is 0 Å². The van der Waals surface area contributed by atoms with Crippen molar-refractivity contribution in [3.05, 3.63) is 176 Å². The number of rotatable bonds is 5. The third-order valence-corrected chi connectivity index (χ3v) is 10.8. The van der Waals surface area contributed by atoms with E-state index in [1.807, 2.05) is 84.9 Å². The molecule has 0 unspecified atom stereocenters. The molecule has 2 heterocycles. The van der Waals surface area contributed by atoms with Gasteiger partial charge in [0.25, 0.3) is 0 Å². The van der Waals surface area contributed by atoms with Gasteiger partial charge in [-0.1, -0.05) is 127 Å². The van der Waals surface area contributed by atoms with Crippen LogP contribution >= 0.6 is 22.7 Å². The van der Waals surface area contributed by atoms with Crippen LogP contribution in [0.1, 0.15) is 20.6 Å². The molecule has 0 amide bonds. The van der Waals surface area contributed by atoms with Crippen LogP contribution in [0.2, 0.25) is 0 Å². The van der Waals surface area contributed by atoms with Gasteiger partial charge in [-0.2, -0.15) is 0 Å². The number of anilines is 3. The van der Waals surface area contributed by atoms with Gasteiger partial charge in [0.15, 0.2) is 0 Å². The van der Waals surface area contributed by atoms with E-state index in [0.717, 1.165) is 40.3 Å². The molecule has 0 aliphatic carbocycles. The van der Waals surface area contributed by atoms with Crippen LogP contribution in [0, 0.1) is 0 Å². The Labute approximate surface area is 313 Å². The first-order valence-corrected chi connectivity index (χ1v) is 17.0. The largest absolute Gasteiger partial charge is 0.310 e. The van der Waals surface area contributed by atoms with E-state index in [0.29, 0.717) is 11.4 Å². The molecule has 0 saturated heterocycles. The predicted octanol–water partition coefficient (Wildman–Crippen LogP) is 14.4. The molecule has 2 aromatic heterocycles. The van der Waals surface area contributed by atoms with Crippen LogP contribution in [0.25, 0.3) is 73.4 Å². The number of fused-ring (bicyclic) bond motifs is 7. The highest BCUT2D eigenvalue weighted by molar-refractivity contribution is 7.26. The van der Waals surface area contributed by atoms with Crippen LogP contribution < -0.4 is 4.90 Å². The Balaban J connectivity index is 1.31. The smallest absolute Gasteiger partial charge is 0.0645 e. The zero-order valence-corrected chi connectivity index (χ0v) is 27.0. The molecule has 0 radical (unpaired) electrons. The van der Waals surface area contributed by atoms with Gasteiger partial charge in [-0.3, -0.25) is 0 Å². The van der Waals surface area contributed by atoms with Crippen molar-refractivity contribution in [2.24, 2.45) is 0 Å². The molecule has 0 saturated carbocycles. The monoisotopic (exact) mass is 674 g/mol. The van der Waals surface area contributed by atoms with Gasteiger partial charge in [0, 0.05) is 57.4 Å².